The summed E-state index contributed by atoms with van der Waals surface area (Å²) in [6, 6.07) is 14.4. The number of carboxylic acid groups (broad SMARTS) is 1. The van der Waals surface area contributed by atoms with E-state index in [9.17, 15) is 31.5 Å². The highest BCUT2D eigenvalue weighted by Gasteiger charge is 2.62. The Kier molecular flexibility index (Phi) is 6.48. The fraction of sp³-hybridized carbons (Fsp3) is 0.367. The van der Waals surface area contributed by atoms with Crippen LogP contribution in [-0.2, 0) is 14.8 Å². The van der Waals surface area contributed by atoms with Gasteiger partial charge in [0.2, 0.25) is 0 Å². The van der Waals surface area contributed by atoms with Crippen LogP contribution in [0, 0.1) is 23.6 Å². The summed E-state index contributed by atoms with van der Waals surface area (Å²) in [6.45, 7) is -1.33. The number of fused-ring (bicyclic) bond motifs is 3. The molecule has 216 valence electrons. The van der Waals surface area contributed by atoms with E-state index in [4.69, 9.17) is 4.74 Å². The molecule has 0 aromatic heterocycles. The van der Waals surface area contributed by atoms with Gasteiger partial charge in [0.05, 0.1) is 22.5 Å². The number of carbonyl (C=O) groups is 1. The number of rotatable bonds is 7. The number of carboxylic acids is 1. The van der Waals surface area contributed by atoms with Crippen molar-refractivity contribution in [2.45, 2.75) is 56.6 Å². The zero-order chi connectivity index (χ0) is 29.2. The first-order chi connectivity index (χ1) is 19.4. The van der Waals surface area contributed by atoms with Crippen molar-refractivity contribution in [3.63, 3.8) is 0 Å². The number of hydrogen-bond donors (Lipinski definition) is 1. The molecule has 1 atom stereocenters. The van der Waals surface area contributed by atoms with Crippen LogP contribution >= 0.6 is 0 Å². The molecule has 1 N–H and O–H groups in total. The highest BCUT2D eigenvalue weighted by Crippen LogP contribution is 2.64. The Morgan fingerprint density at radius 3 is 2.37 bits per heavy atom. The van der Waals surface area contributed by atoms with Gasteiger partial charge in [-0.2, -0.15) is 8.78 Å². The first-order valence-corrected chi connectivity index (χ1v) is 14.7. The molecule has 0 spiro atoms. The lowest BCUT2D eigenvalue weighted by Gasteiger charge is -2.43. The molecule has 1 heterocycles. The van der Waals surface area contributed by atoms with Crippen LogP contribution in [0.15, 0.2) is 65.6 Å². The van der Waals surface area contributed by atoms with Crippen molar-refractivity contribution in [3.8, 4) is 22.6 Å². The van der Waals surface area contributed by atoms with E-state index in [-0.39, 0.29) is 34.2 Å². The van der Waals surface area contributed by atoms with E-state index in [1.807, 2.05) is 6.92 Å². The van der Waals surface area contributed by atoms with E-state index >= 15 is 0 Å². The minimum atomic E-state index is -4.10. The molecule has 41 heavy (non-hydrogen) atoms. The zero-order valence-electron chi connectivity index (χ0n) is 22.1. The van der Waals surface area contributed by atoms with E-state index in [1.54, 1.807) is 24.3 Å². The third-order valence-electron chi connectivity index (χ3n) is 8.90. The minimum absolute atomic E-state index is 0.0365. The zero-order valence-corrected chi connectivity index (χ0v) is 23.0. The smallest absolute Gasteiger partial charge is 0.387 e. The van der Waals surface area contributed by atoms with E-state index in [0.29, 0.717) is 37.7 Å². The number of benzene rings is 3. The van der Waals surface area contributed by atoms with Crippen molar-refractivity contribution in [2.24, 2.45) is 10.8 Å². The van der Waals surface area contributed by atoms with Gasteiger partial charge in [0.15, 0.2) is 0 Å². The van der Waals surface area contributed by atoms with Crippen LogP contribution < -0.4 is 13.8 Å². The Morgan fingerprint density at radius 1 is 1.02 bits per heavy atom. The van der Waals surface area contributed by atoms with Gasteiger partial charge in [-0.3, -0.25) is 9.10 Å². The molecule has 2 aliphatic carbocycles. The van der Waals surface area contributed by atoms with Crippen molar-refractivity contribution < 1.29 is 41.0 Å². The normalized spacial score (nSPS) is 25.2. The van der Waals surface area contributed by atoms with Gasteiger partial charge in [0, 0.05) is 11.5 Å². The molecule has 6 rings (SSSR count). The van der Waals surface area contributed by atoms with Gasteiger partial charge >= 0.3 is 12.6 Å². The van der Waals surface area contributed by atoms with Crippen LogP contribution in [0.1, 0.15) is 37.7 Å². The summed E-state index contributed by atoms with van der Waals surface area (Å²) in [5, 5.41) is 9.91. The van der Waals surface area contributed by atoms with Crippen LogP contribution in [-0.4, -0.2) is 38.8 Å². The third kappa shape index (κ3) is 4.69. The van der Waals surface area contributed by atoms with E-state index < -0.39 is 45.4 Å². The molecule has 2 bridgehead atoms. The molecule has 0 amide bonds. The third-order valence-corrected chi connectivity index (χ3v) is 10.7. The van der Waals surface area contributed by atoms with E-state index in [1.165, 1.54) is 28.6 Å². The Bertz CT molecular complexity index is 1620. The van der Waals surface area contributed by atoms with Crippen LogP contribution in [0.3, 0.4) is 0 Å². The van der Waals surface area contributed by atoms with Gasteiger partial charge < -0.3 is 14.6 Å². The highest BCUT2D eigenvalue weighted by molar-refractivity contribution is 7.92. The second kappa shape index (κ2) is 9.68. The average molecular weight is 588 g/mol. The number of ether oxygens (including phenoxy) is 2. The van der Waals surface area contributed by atoms with Gasteiger partial charge in [-0.05, 0) is 86.6 Å². The number of sulfonamides is 1. The largest absolute Gasteiger partial charge is 0.486 e. The van der Waals surface area contributed by atoms with Crippen LogP contribution in [0.2, 0.25) is 0 Å². The molecular formula is C30H28F3NO6S. The lowest BCUT2D eigenvalue weighted by atomic mass is 9.78. The molecule has 3 aliphatic rings. The lowest BCUT2D eigenvalue weighted by Crippen LogP contribution is -2.50. The predicted octanol–water partition coefficient (Wildman–Crippen LogP) is 6.39. The number of aryl methyl sites for hydroxylation is 1. The molecule has 2 saturated carbocycles. The first-order valence-electron chi connectivity index (χ1n) is 13.3. The van der Waals surface area contributed by atoms with Gasteiger partial charge in [-0.15, -0.1) is 0 Å². The summed E-state index contributed by atoms with van der Waals surface area (Å²) >= 11 is 0. The monoisotopic (exact) mass is 587 g/mol. The summed E-state index contributed by atoms with van der Waals surface area (Å²) in [7, 11) is -4.10. The fourth-order valence-electron chi connectivity index (χ4n) is 6.69. The molecular weight excluding hydrogens is 559 g/mol. The quantitative estimate of drug-likeness (QED) is 0.344. The second-order valence-electron chi connectivity index (χ2n) is 11.3. The molecule has 3 aromatic rings. The maximum absolute atomic E-state index is 14.3. The Balaban J connectivity index is 1.44. The van der Waals surface area contributed by atoms with Gasteiger partial charge in [0.1, 0.15) is 23.4 Å². The van der Waals surface area contributed by atoms with Crippen molar-refractivity contribution in [2.75, 3.05) is 10.8 Å². The number of nitrogens with zero attached hydrogens (tertiary/aromatic N) is 1. The number of halogens is 3. The SMILES string of the molecule is Cc1ccc(S(=O)(=O)N2C[C@H](C34CCC(C(=O)O)(CC3)C4)Oc3ccc(-c4cc(F)cc(OC(F)F)c4)cc32)cc1. The molecule has 11 heteroatoms. The lowest BCUT2D eigenvalue weighted by molar-refractivity contribution is -0.148. The van der Waals surface area contributed by atoms with Crippen molar-refractivity contribution in [1.82, 2.24) is 0 Å². The number of alkyl halides is 2. The number of hydrogen-bond acceptors (Lipinski definition) is 5. The Hall–Kier alpha value is -3.73. The molecule has 1 aliphatic heterocycles. The van der Waals surface area contributed by atoms with Crippen molar-refractivity contribution in [1.29, 1.82) is 0 Å². The van der Waals surface area contributed by atoms with E-state index in [0.717, 1.165) is 17.7 Å². The molecule has 3 aromatic carbocycles. The van der Waals surface area contributed by atoms with Crippen LogP contribution in [0.5, 0.6) is 11.5 Å². The molecule has 2 fully saturated rings. The summed E-state index contributed by atoms with van der Waals surface area (Å²) < 4.78 is 80.2. The summed E-state index contributed by atoms with van der Waals surface area (Å²) in [6.07, 6.45) is 2.10. The Morgan fingerprint density at radius 2 is 1.73 bits per heavy atom. The second-order valence-corrected chi connectivity index (χ2v) is 13.2. The first kappa shape index (κ1) is 27.4. The van der Waals surface area contributed by atoms with Crippen LogP contribution in [0.25, 0.3) is 11.1 Å². The summed E-state index contributed by atoms with van der Waals surface area (Å²) in [4.78, 5) is 12.2. The maximum Gasteiger partial charge on any atom is 0.387 e. The predicted molar refractivity (Wildman–Crippen MR) is 144 cm³/mol. The van der Waals surface area contributed by atoms with Gasteiger partial charge in [0.25, 0.3) is 10.0 Å². The standard InChI is InChI=1S/C30H28F3NO6S/c1-18-2-5-23(6-3-18)41(37,38)34-16-26(29-8-10-30(17-29,11-9-29)27(35)36)40-25-7-4-19(14-24(25)34)20-12-21(31)15-22(13-20)39-28(32)33/h2-7,12-15,26,28H,8-11,16-17H2,1H3,(H,35,36)/t26-,29?,30?/m1/s1. The number of anilines is 1. The maximum atomic E-state index is 14.3. The minimum Gasteiger partial charge on any atom is -0.486 e. The fourth-order valence-corrected chi connectivity index (χ4v) is 8.16. The number of aliphatic carboxylic acids is 1. The van der Waals surface area contributed by atoms with Crippen molar-refractivity contribution in [3.05, 3.63) is 72.0 Å². The van der Waals surface area contributed by atoms with Crippen LogP contribution in [0.4, 0.5) is 18.9 Å². The van der Waals surface area contributed by atoms with Gasteiger partial charge in [-0.25, -0.2) is 12.8 Å². The van der Waals surface area contributed by atoms with E-state index in [2.05, 4.69) is 4.74 Å². The summed E-state index contributed by atoms with van der Waals surface area (Å²) in [5.41, 5.74) is 0.397. The average Bonchev–Trinajstić information content (AvgIpc) is 3.51. The molecule has 7 nitrogen and oxygen atoms in total. The molecule has 0 unspecified atom stereocenters. The topological polar surface area (TPSA) is 93.1 Å². The molecule has 0 radical (unpaired) electrons. The van der Waals surface area contributed by atoms with Gasteiger partial charge in [-0.1, -0.05) is 23.8 Å². The van der Waals surface area contributed by atoms with Crippen molar-refractivity contribution >= 4 is 21.7 Å². The highest BCUT2D eigenvalue weighted by atomic mass is 32.2. The summed E-state index contributed by atoms with van der Waals surface area (Å²) in [5.74, 6) is -1.70. The Labute approximate surface area is 235 Å². The molecule has 0 saturated heterocycles.